The number of hydrogen-bond donors (Lipinski definition) is 1. The van der Waals surface area contributed by atoms with E-state index >= 15 is 0 Å². The van der Waals surface area contributed by atoms with Crippen molar-refractivity contribution in [2.24, 2.45) is 48.0 Å². The molecule has 8 atom stereocenters. The van der Waals surface area contributed by atoms with Crippen molar-refractivity contribution in [2.75, 3.05) is 0 Å². The molecule has 1 aromatic heterocycles. The Morgan fingerprint density at radius 2 is 1.80 bits per heavy atom. The molecule has 0 amide bonds. The molecule has 4 aliphatic rings. The monoisotopic (exact) mass is 416 g/mol. The maximum Gasteiger partial charge on any atom is 0.363 e. The lowest BCUT2D eigenvalue weighted by atomic mass is 9.49. The second-order valence-electron chi connectivity index (χ2n) is 11.4. The Bertz CT molecular complexity index is 889. The van der Waals surface area contributed by atoms with Gasteiger partial charge >= 0.3 is 5.69 Å². The van der Waals surface area contributed by atoms with Gasteiger partial charge in [0.15, 0.2) is 5.78 Å². The second-order valence-corrected chi connectivity index (χ2v) is 11.4. The lowest BCUT2D eigenvalue weighted by Gasteiger charge is -2.56. The Morgan fingerprint density at radius 1 is 1.03 bits per heavy atom. The predicted octanol–water partition coefficient (Wildman–Crippen LogP) is 2.57. The van der Waals surface area contributed by atoms with Crippen LogP contribution in [0.1, 0.15) is 71.6 Å². The summed E-state index contributed by atoms with van der Waals surface area (Å²) in [6.45, 7) is 4.41. The number of carbonyl (C=O) groups is 1. The minimum atomic E-state index is -0.472. The molecular weight excluding hydrogens is 380 g/mol. The van der Waals surface area contributed by atoms with Crippen molar-refractivity contribution in [3.05, 3.63) is 10.5 Å². The van der Waals surface area contributed by atoms with Gasteiger partial charge in [-0.3, -0.25) is 4.79 Å². The van der Waals surface area contributed by atoms with Crippen LogP contribution in [-0.4, -0.2) is 36.3 Å². The number of aryl methyl sites for hydroxylation is 1. The number of nitrogens with zero attached hydrogens (tertiary/aromatic N) is 4. The van der Waals surface area contributed by atoms with Crippen molar-refractivity contribution in [3.63, 3.8) is 0 Å². The van der Waals surface area contributed by atoms with Crippen molar-refractivity contribution < 1.29 is 9.90 Å². The average Bonchev–Trinajstić information content (AvgIpc) is 3.21. The van der Waals surface area contributed by atoms with Crippen LogP contribution in [0.4, 0.5) is 0 Å². The molecule has 7 heteroatoms. The minimum Gasteiger partial charge on any atom is -0.390 e. The third kappa shape index (κ3) is 3.10. The molecule has 0 unspecified atom stereocenters. The number of rotatable bonds is 3. The third-order valence-electron chi connectivity index (χ3n) is 9.71. The van der Waals surface area contributed by atoms with E-state index in [0.29, 0.717) is 11.8 Å². The molecule has 0 aliphatic heterocycles. The molecule has 30 heavy (non-hydrogen) atoms. The van der Waals surface area contributed by atoms with E-state index in [1.165, 1.54) is 35.0 Å². The van der Waals surface area contributed by atoms with Crippen molar-refractivity contribution in [2.45, 2.75) is 83.8 Å². The first kappa shape index (κ1) is 20.4. The summed E-state index contributed by atoms with van der Waals surface area (Å²) in [6, 6.07) is 0. The van der Waals surface area contributed by atoms with Gasteiger partial charge in [0, 0.05) is 13.0 Å². The van der Waals surface area contributed by atoms with E-state index in [1.54, 1.807) is 7.05 Å². The van der Waals surface area contributed by atoms with E-state index in [1.807, 2.05) is 6.92 Å². The fourth-order valence-corrected chi connectivity index (χ4v) is 8.32. The number of aliphatic hydroxyl groups is 1. The van der Waals surface area contributed by atoms with Crippen molar-refractivity contribution >= 4 is 5.78 Å². The van der Waals surface area contributed by atoms with Crippen LogP contribution in [0.3, 0.4) is 0 Å². The fourth-order valence-electron chi connectivity index (χ4n) is 8.32. The van der Waals surface area contributed by atoms with Gasteiger partial charge in [-0.25, -0.2) is 4.79 Å². The van der Waals surface area contributed by atoms with Crippen LogP contribution in [0.2, 0.25) is 0 Å². The van der Waals surface area contributed by atoms with E-state index < -0.39 is 5.60 Å². The highest BCUT2D eigenvalue weighted by molar-refractivity contribution is 5.82. The number of hydrogen-bond acceptors (Lipinski definition) is 5. The summed E-state index contributed by atoms with van der Waals surface area (Å²) in [4.78, 5) is 25.3. The summed E-state index contributed by atoms with van der Waals surface area (Å²) >= 11 is 0. The number of Topliss-reactive ketones (excluding diaryl/α,β-unsaturated/α-hetero) is 1. The molecule has 5 rings (SSSR count). The summed E-state index contributed by atoms with van der Waals surface area (Å²) in [5, 5.41) is 18.2. The van der Waals surface area contributed by atoms with E-state index in [9.17, 15) is 14.7 Å². The van der Waals surface area contributed by atoms with Crippen molar-refractivity contribution in [1.29, 1.82) is 0 Å². The van der Waals surface area contributed by atoms with Crippen LogP contribution >= 0.6 is 0 Å². The minimum absolute atomic E-state index is 0.0298. The van der Waals surface area contributed by atoms with Crippen LogP contribution in [0, 0.1) is 40.9 Å². The van der Waals surface area contributed by atoms with Crippen LogP contribution < -0.4 is 5.69 Å². The van der Waals surface area contributed by atoms with Crippen LogP contribution in [0.5, 0.6) is 0 Å². The molecule has 0 saturated heterocycles. The smallest absolute Gasteiger partial charge is 0.363 e. The van der Waals surface area contributed by atoms with E-state index in [4.69, 9.17) is 0 Å². The van der Waals surface area contributed by atoms with Gasteiger partial charge in [0.1, 0.15) is 6.54 Å². The summed E-state index contributed by atoms with van der Waals surface area (Å²) < 4.78 is 2.39. The van der Waals surface area contributed by atoms with Crippen LogP contribution in [0.15, 0.2) is 4.79 Å². The van der Waals surface area contributed by atoms with E-state index in [2.05, 4.69) is 17.4 Å². The third-order valence-corrected chi connectivity index (χ3v) is 9.71. The summed E-state index contributed by atoms with van der Waals surface area (Å²) in [5.74, 6) is 3.75. The van der Waals surface area contributed by atoms with E-state index in [-0.39, 0.29) is 29.4 Å². The molecule has 1 heterocycles. The maximum atomic E-state index is 13.2. The number of tetrazole rings is 1. The predicted molar refractivity (Wildman–Crippen MR) is 111 cm³/mol. The number of ketones is 1. The first-order valence-electron chi connectivity index (χ1n) is 11.9. The Morgan fingerprint density at radius 3 is 2.53 bits per heavy atom. The zero-order chi connectivity index (χ0) is 21.3. The van der Waals surface area contributed by atoms with Gasteiger partial charge in [-0.2, -0.15) is 9.36 Å². The standard InChI is InChI=1S/C23H36N4O3/c1-22(30)10-8-15-14(12-22)4-5-17-16(15)9-11-23(2)18(17)6-7-19(23)20(28)13-27-21(29)26(3)24-25-27/h14-19,30H,4-13H2,1-3H3/t14-,15+,16-,17-,18+,19-,22-,23+/m1/s1. The summed E-state index contributed by atoms with van der Waals surface area (Å²) in [5.41, 5.74) is -0.740. The Labute approximate surface area is 178 Å². The van der Waals surface area contributed by atoms with Gasteiger partial charge in [0.05, 0.1) is 5.60 Å². The van der Waals surface area contributed by atoms with Crippen molar-refractivity contribution in [1.82, 2.24) is 19.8 Å². The molecule has 0 bridgehead atoms. The zero-order valence-electron chi connectivity index (χ0n) is 18.6. The zero-order valence-corrected chi connectivity index (χ0v) is 18.6. The molecule has 0 aromatic carbocycles. The summed E-state index contributed by atoms with van der Waals surface area (Å²) in [6.07, 6.45) is 9.98. The fraction of sp³-hybridized carbons (Fsp3) is 0.913. The Balaban J connectivity index is 1.32. The number of aromatic nitrogens is 4. The van der Waals surface area contributed by atoms with Crippen molar-refractivity contribution in [3.8, 4) is 0 Å². The molecule has 4 aliphatic carbocycles. The summed E-state index contributed by atoms with van der Waals surface area (Å²) in [7, 11) is 1.56. The van der Waals surface area contributed by atoms with Gasteiger partial charge < -0.3 is 5.11 Å². The molecule has 4 saturated carbocycles. The molecule has 166 valence electrons. The largest absolute Gasteiger partial charge is 0.390 e. The number of carbonyl (C=O) groups excluding carboxylic acids is 1. The topological polar surface area (TPSA) is 90.0 Å². The first-order chi connectivity index (χ1) is 14.2. The Hall–Kier alpha value is -1.50. The lowest BCUT2D eigenvalue weighted by Crippen LogP contribution is -2.51. The second kappa shape index (κ2) is 7.01. The molecule has 1 N–H and O–H groups in total. The Kier molecular flexibility index (Phi) is 4.77. The highest BCUT2D eigenvalue weighted by Crippen LogP contribution is 2.64. The normalized spacial score (nSPS) is 45.5. The van der Waals surface area contributed by atoms with Crippen LogP contribution in [-0.2, 0) is 18.4 Å². The van der Waals surface area contributed by atoms with Crippen LogP contribution in [0.25, 0.3) is 0 Å². The first-order valence-corrected chi connectivity index (χ1v) is 11.9. The van der Waals surface area contributed by atoms with Gasteiger partial charge in [-0.15, -0.1) is 0 Å². The highest BCUT2D eigenvalue weighted by atomic mass is 16.3. The molecule has 0 spiro atoms. The molecule has 1 aromatic rings. The number of fused-ring (bicyclic) bond motifs is 5. The quantitative estimate of drug-likeness (QED) is 0.818. The molecule has 7 nitrogen and oxygen atoms in total. The van der Waals surface area contributed by atoms with Gasteiger partial charge in [0.2, 0.25) is 0 Å². The molecular formula is C23H36N4O3. The molecule has 0 radical (unpaired) electrons. The maximum absolute atomic E-state index is 13.2. The van der Waals surface area contributed by atoms with Gasteiger partial charge in [-0.05, 0) is 110 Å². The average molecular weight is 417 g/mol. The van der Waals surface area contributed by atoms with E-state index in [0.717, 1.165) is 49.9 Å². The lowest BCUT2D eigenvalue weighted by molar-refractivity contribution is -0.133. The highest BCUT2D eigenvalue weighted by Gasteiger charge is 2.58. The van der Waals surface area contributed by atoms with Gasteiger partial charge in [0.25, 0.3) is 0 Å². The SMILES string of the molecule is Cn1nnn(CC(=O)[C@H]2CC[C@H]3[C@@H]4CC[C@@H]5C[C@](C)(O)CC[C@@H]5[C@H]4CC[C@]23C)c1=O. The van der Waals surface area contributed by atoms with Gasteiger partial charge in [-0.1, -0.05) is 6.92 Å². The molecule has 4 fully saturated rings.